The van der Waals surface area contributed by atoms with E-state index in [-0.39, 0.29) is 31.2 Å². The zero-order chi connectivity index (χ0) is 18.1. The fourth-order valence-electron chi connectivity index (χ4n) is 2.24. The zero-order valence-electron chi connectivity index (χ0n) is 14.6. The van der Waals surface area contributed by atoms with Crippen molar-refractivity contribution in [2.75, 3.05) is 18.1 Å². The van der Waals surface area contributed by atoms with Gasteiger partial charge in [0, 0.05) is 43.4 Å². The summed E-state index contributed by atoms with van der Waals surface area (Å²) in [5.41, 5.74) is 0. The Balaban J connectivity index is 2.25. The molecule has 0 saturated carbocycles. The lowest BCUT2D eigenvalue weighted by atomic mass is 10.2. The smallest absolute Gasteiger partial charge is 0.334 e. The van der Waals surface area contributed by atoms with Crippen molar-refractivity contribution in [3.63, 3.8) is 0 Å². The zero-order valence-corrected chi connectivity index (χ0v) is 15.4. The van der Waals surface area contributed by atoms with E-state index >= 15 is 0 Å². The Kier molecular flexibility index (Phi) is 8.81. The normalized spacial score (nSPS) is 15.5. The molecule has 0 N–H and O–H groups in total. The quantitative estimate of drug-likeness (QED) is 0.437. The van der Waals surface area contributed by atoms with E-state index in [0.29, 0.717) is 23.8 Å². The third kappa shape index (κ3) is 6.14. The minimum absolute atomic E-state index is 0.0950. The Labute approximate surface area is 147 Å². The van der Waals surface area contributed by atoms with Crippen LogP contribution in [-0.4, -0.2) is 57.7 Å². The lowest BCUT2D eigenvalue weighted by Crippen LogP contribution is -2.39. The third-order valence-electron chi connectivity index (χ3n) is 3.87. The highest BCUT2D eigenvalue weighted by Crippen LogP contribution is 2.14. The second-order valence-corrected chi connectivity index (χ2v) is 6.83. The van der Waals surface area contributed by atoms with Gasteiger partial charge < -0.3 is 9.74 Å². The van der Waals surface area contributed by atoms with Crippen molar-refractivity contribution in [1.82, 2.24) is 9.96 Å². The standard InChI is InChI=1S/C16H26N2O5S/c1-4-12(3)17(13(19)5-2)9-11-24-10-8-16(22)23-18-14(20)6-7-15(18)21/h12H,4-11H2,1-3H3. The SMILES string of the molecule is CCC(=O)N(CCSCCC(=O)ON1C(=O)CCC1=O)C(C)CC. The van der Waals surface area contributed by atoms with Crippen LogP contribution in [0.4, 0.5) is 0 Å². The minimum Gasteiger partial charge on any atom is -0.339 e. The number of thioether (sulfide) groups is 1. The molecule has 136 valence electrons. The number of carbonyl (C=O) groups excluding carboxylic acids is 4. The lowest BCUT2D eigenvalue weighted by molar-refractivity contribution is -0.197. The van der Waals surface area contributed by atoms with Crippen molar-refractivity contribution in [1.29, 1.82) is 0 Å². The van der Waals surface area contributed by atoms with E-state index < -0.39 is 17.8 Å². The van der Waals surface area contributed by atoms with Crippen molar-refractivity contribution < 1.29 is 24.0 Å². The van der Waals surface area contributed by atoms with Crippen molar-refractivity contribution in [2.24, 2.45) is 0 Å². The maximum atomic E-state index is 11.9. The molecule has 0 aliphatic carbocycles. The van der Waals surface area contributed by atoms with E-state index in [1.165, 1.54) is 0 Å². The molecule has 1 unspecified atom stereocenters. The van der Waals surface area contributed by atoms with Gasteiger partial charge in [0.15, 0.2) is 0 Å². The fraction of sp³-hybridized carbons (Fsp3) is 0.750. The molecule has 0 aromatic rings. The molecule has 1 fully saturated rings. The van der Waals surface area contributed by atoms with Crippen molar-refractivity contribution >= 4 is 35.5 Å². The molecule has 7 nitrogen and oxygen atoms in total. The van der Waals surface area contributed by atoms with E-state index in [9.17, 15) is 19.2 Å². The Morgan fingerprint density at radius 3 is 2.38 bits per heavy atom. The molecule has 1 atom stereocenters. The molecule has 1 aliphatic heterocycles. The Hall–Kier alpha value is -1.57. The van der Waals surface area contributed by atoms with Gasteiger partial charge in [0.05, 0.1) is 6.42 Å². The molecule has 0 radical (unpaired) electrons. The Bertz CT molecular complexity index is 467. The monoisotopic (exact) mass is 358 g/mol. The van der Waals surface area contributed by atoms with Gasteiger partial charge in [-0.25, -0.2) is 4.79 Å². The first-order valence-electron chi connectivity index (χ1n) is 8.34. The van der Waals surface area contributed by atoms with E-state index in [1.807, 2.05) is 25.7 Å². The maximum absolute atomic E-state index is 11.9. The van der Waals surface area contributed by atoms with Crippen LogP contribution in [0, 0.1) is 0 Å². The number of imide groups is 1. The summed E-state index contributed by atoms with van der Waals surface area (Å²) in [6, 6.07) is 0.204. The predicted octanol–water partition coefficient (Wildman–Crippen LogP) is 1.75. The van der Waals surface area contributed by atoms with Crippen LogP contribution in [0.5, 0.6) is 0 Å². The van der Waals surface area contributed by atoms with Crippen molar-refractivity contribution in [3.05, 3.63) is 0 Å². The number of carbonyl (C=O) groups is 4. The number of hydrogen-bond donors (Lipinski definition) is 0. The molecular formula is C16H26N2O5S. The van der Waals surface area contributed by atoms with Crippen LogP contribution < -0.4 is 0 Å². The van der Waals surface area contributed by atoms with Crippen molar-refractivity contribution in [2.45, 2.75) is 58.9 Å². The van der Waals surface area contributed by atoms with Gasteiger partial charge in [0.2, 0.25) is 5.91 Å². The van der Waals surface area contributed by atoms with Gasteiger partial charge in [-0.3, -0.25) is 14.4 Å². The average Bonchev–Trinajstić information content (AvgIpc) is 2.88. The molecule has 0 aromatic carbocycles. The number of rotatable bonds is 10. The molecule has 1 rings (SSSR count). The summed E-state index contributed by atoms with van der Waals surface area (Å²) in [6.07, 6.45) is 1.70. The largest absolute Gasteiger partial charge is 0.339 e. The molecule has 0 bridgehead atoms. The first-order valence-corrected chi connectivity index (χ1v) is 9.49. The Morgan fingerprint density at radius 2 is 1.83 bits per heavy atom. The summed E-state index contributed by atoms with van der Waals surface area (Å²) in [5, 5.41) is 0.567. The summed E-state index contributed by atoms with van der Waals surface area (Å²) < 4.78 is 0. The highest BCUT2D eigenvalue weighted by atomic mass is 32.2. The van der Waals surface area contributed by atoms with Crippen molar-refractivity contribution in [3.8, 4) is 0 Å². The maximum Gasteiger partial charge on any atom is 0.334 e. The van der Waals surface area contributed by atoms with Gasteiger partial charge in [-0.05, 0) is 13.3 Å². The summed E-state index contributed by atoms with van der Waals surface area (Å²) in [6.45, 7) is 6.57. The summed E-state index contributed by atoms with van der Waals surface area (Å²) in [7, 11) is 0. The van der Waals surface area contributed by atoms with Gasteiger partial charge in [-0.1, -0.05) is 13.8 Å². The van der Waals surface area contributed by atoms with Gasteiger partial charge in [-0.2, -0.15) is 11.8 Å². The highest BCUT2D eigenvalue weighted by Gasteiger charge is 2.32. The van der Waals surface area contributed by atoms with E-state index in [2.05, 4.69) is 0 Å². The summed E-state index contributed by atoms with van der Waals surface area (Å²) >= 11 is 1.54. The second kappa shape index (κ2) is 10.3. The summed E-state index contributed by atoms with van der Waals surface area (Å²) in [4.78, 5) is 52.9. The molecule has 1 aliphatic rings. The van der Waals surface area contributed by atoms with E-state index in [1.54, 1.807) is 11.8 Å². The van der Waals surface area contributed by atoms with E-state index in [4.69, 9.17) is 4.84 Å². The first-order chi connectivity index (χ1) is 11.4. The molecule has 24 heavy (non-hydrogen) atoms. The number of hydrogen-bond acceptors (Lipinski definition) is 6. The molecule has 8 heteroatoms. The van der Waals surface area contributed by atoms with E-state index in [0.717, 1.165) is 12.2 Å². The van der Waals surface area contributed by atoms with Gasteiger partial charge >= 0.3 is 5.97 Å². The average molecular weight is 358 g/mol. The summed E-state index contributed by atoms with van der Waals surface area (Å²) in [5.74, 6) is -0.147. The van der Waals surface area contributed by atoms with Gasteiger partial charge in [0.25, 0.3) is 11.8 Å². The topological polar surface area (TPSA) is 84.0 Å². The van der Waals surface area contributed by atoms with Crippen LogP contribution in [0.1, 0.15) is 52.9 Å². The number of hydroxylamine groups is 2. The number of amides is 3. The van der Waals surface area contributed by atoms with Crippen LogP contribution in [-0.2, 0) is 24.0 Å². The predicted molar refractivity (Wildman–Crippen MR) is 90.9 cm³/mol. The Morgan fingerprint density at radius 1 is 1.21 bits per heavy atom. The van der Waals surface area contributed by atoms with Crippen LogP contribution in [0.2, 0.25) is 0 Å². The lowest BCUT2D eigenvalue weighted by Gasteiger charge is -2.28. The molecular weight excluding hydrogens is 332 g/mol. The highest BCUT2D eigenvalue weighted by molar-refractivity contribution is 7.99. The third-order valence-corrected chi connectivity index (χ3v) is 4.84. The van der Waals surface area contributed by atoms with Gasteiger partial charge in [0.1, 0.15) is 0 Å². The van der Waals surface area contributed by atoms with Crippen LogP contribution in [0.25, 0.3) is 0 Å². The van der Waals surface area contributed by atoms with Crippen LogP contribution in [0.15, 0.2) is 0 Å². The molecule has 1 saturated heterocycles. The molecule has 0 spiro atoms. The first kappa shape index (κ1) is 20.5. The molecule has 1 heterocycles. The molecule has 3 amide bonds. The second-order valence-electron chi connectivity index (χ2n) is 5.61. The van der Waals surface area contributed by atoms with Crippen LogP contribution >= 0.6 is 11.8 Å². The molecule has 0 aromatic heterocycles. The van der Waals surface area contributed by atoms with Gasteiger partial charge in [-0.15, -0.1) is 5.06 Å². The number of nitrogens with zero attached hydrogens (tertiary/aromatic N) is 2. The fourth-order valence-corrected chi connectivity index (χ4v) is 3.08. The minimum atomic E-state index is -0.588. The van der Waals surface area contributed by atoms with Crippen LogP contribution in [0.3, 0.4) is 0 Å².